The molecule has 3 nitrogen and oxygen atoms in total. The minimum atomic E-state index is 0.461. The summed E-state index contributed by atoms with van der Waals surface area (Å²) < 4.78 is 0. The van der Waals surface area contributed by atoms with Crippen molar-refractivity contribution in [2.24, 2.45) is 0 Å². The second-order valence-electron chi connectivity index (χ2n) is 2.11. The second kappa shape index (κ2) is 2.36. The number of nitrogen functional groups attached to an aromatic ring is 1. The van der Waals surface area contributed by atoms with Crippen molar-refractivity contribution in [2.45, 2.75) is 6.92 Å². The van der Waals surface area contributed by atoms with Gasteiger partial charge in [-0.05, 0) is 13.0 Å². The Balaban J connectivity index is 3.34. The molecule has 0 aliphatic carbocycles. The molecule has 0 atom stereocenters. The summed E-state index contributed by atoms with van der Waals surface area (Å²) in [5.41, 5.74) is 7.32. The molecule has 1 aromatic carbocycles. The Morgan fingerprint density at radius 2 is 2.20 bits per heavy atom. The molecule has 3 heteroatoms. The molecule has 0 bridgehead atoms. The first-order valence-corrected chi connectivity index (χ1v) is 2.96. The van der Waals surface area contributed by atoms with Crippen LogP contribution >= 0.6 is 0 Å². The molecule has 0 amide bonds. The summed E-state index contributed by atoms with van der Waals surface area (Å²) in [5, 5.41) is 8.44. The molecule has 0 spiro atoms. The molecule has 0 radical (unpaired) electrons. The van der Waals surface area contributed by atoms with Gasteiger partial charge in [-0.3, -0.25) is 0 Å². The fraction of sp³-hybridized carbons (Fsp3) is 0.143. The number of anilines is 1. The SMILES string of the molecule is Cc1cccc(N)c1[N+]#N. The number of hydrogen-bond donors (Lipinski definition) is 1. The van der Waals surface area contributed by atoms with Gasteiger partial charge in [-0.2, -0.15) is 0 Å². The molecule has 0 unspecified atom stereocenters. The number of nitrogens with zero attached hydrogens (tertiary/aromatic N) is 2. The van der Waals surface area contributed by atoms with Gasteiger partial charge in [-0.15, -0.1) is 0 Å². The van der Waals surface area contributed by atoms with Crippen LogP contribution in [-0.4, -0.2) is 0 Å². The minimum absolute atomic E-state index is 0.461. The molecule has 2 N–H and O–H groups in total. The average molecular weight is 134 g/mol. The predicted octanol–water partition coefficient (Wildman–Crippen LogP) is 2.06. The third kappa shape index (κ3) is 0.914. The molecule has 0 heterocycles. The number of rotatable bonds is 0. The number of benzene rings is 1. The van der Waals surface area contributed by atoms with Crippen LogP contribution in [-0.2, 0) is 0 Å². The molecular weight excluding hydrogens is 126 g/mol. The van der Waals surface area contributed by atoms with Gasteiger partial charge in [0.1, 0.15) is 5.69 Å². The maximum absolute atomic E-state index is 8.44. The van der Waals surface area contributed by atoms with Gasteiger partial charge in [0.05, 0.1) is 0 Å². The quantitative estimate of drug-likeness (QED) is 0.436. The van der Waals surface area contributed by atoms with Gasteiger partial charge in [0, 0.05) is 5.56 Å². The predicted molar refractivity (Wildman–Crippen MR) is 40.3 cm³/mol. The topological polar surface area (TPSA) is 54.2 Å². The number of hydrogen-bond acceptors (Lipinski definition) is 2. The zero-order valence-corrected chi connectivity index (χ0v) is 5.70. The van der Waals surface area contributed by atoms with Crippen molar-refractivity contribution in [3.05, 3.63) is 28.7 Å². The van der Waals surface area contributed by atoms with E-state index in [1.165, 1.54) is 0 Å². The lowest BCUT2D eigenvalue weighted by atomic mass is 10.2. The van der Waals surface area contributed by atoms with Crippen LogP contribution in [0.5, 0.6) is 0 Å². The van der Waals surface area contributed by atoms with E-state index in [1.807, 2.05) is 19.1 Å². The van der Waals surface area contributed by atoms with Gasteiger partial charge in [0.25, 0.3) is 0 Å². The summed E-state index contributed by atoms with van der Waals surface area (Å²) in [5.74, 6) is 0. The Hall–Kier alpha value is -1.56. The van der Waals surface area contributed by atoms with Crippen molar-refractivity contribution in [1.82, 2.24) is 0 Å². The molecule has 1 rings (SSSR count). The maximum atomic E-state index is 8.44. The largest absolute Gasteiger partial charge is 0.410 e. The van der Waals surface area contributed by atoms with Gasteiger partial charge >= 0.3 is 5.69 Å². The molecular formula is C7H8N3+. The van der Waals surface area contributed by atoms with Crippen LogP contribution in [0.4, 0.5) is 11.4 Å². The molecule has 0 aliphatic rings. The van der Waals surface area contributed by atoms with Crippen molar-refractivity contribution in [3.8, 4) is 0 Å². The first kappa shape index (κ1) is 6.56. The molecule has 50 valence electrons. The number of nitrogens with two attached hydrogens (primary N) is 1. The highest BCUT2D eigenvalue weighted by Crippen LogP contribution is 2.25. The van der Waals surface area contributed by atoms with Gasteiger partial charge in [0.15, 0.2) is 4.98 Å². The summed E-state index contributed by atoms with van der Waals surface area (Å²) in [7, 11) is 0. The fourth-order valence-corrected chi connectivity index (χ4v) is 0.818. The Labute approximate surface area is 59.1 Å². The van der Waals surface area contributed by atoms with Crippen LogP contribution in [0, 0.1) is 12.3 Å². The highest BCUT2D eigenvalue weighted by Gasteiger charge is 2.12. The van der Waals surface area contributed by atoms with E-state index in [0.29, 0.717) is 11.4 Å². The van der Waals surface area contributed by atoms with Crippen LogP contribution in [0.2, 0.25) is 0 Å². The third-order valence-corrected chi connectivity index (χ3v) is 1.37. The summed E-state index contributed by atoms with van der Waals surface area (Å²) >= 11 is 0. The van der Waals surface area contributed by atoms with Crippen molar-refractivity contribution >= 4 is 11.4 Å². The number of aryl methyl sites for hydroxylation is 1. The molecule has 0 fully saturated rings. The first-order chi connectivity index (χ1) is 4.75. The van der Waals surface area contributed by atoms with E-state index in [4.69, 9.17) is 11.1 Å². The van der Waals surface area contributed by atoms with Crippen molar-refractivity contribution in [1.29, 1.82) is 5.39 Å². The molecule has 1 aromatic rings. The third-order valence-electron chi connectivity index (χ3n) is 1.37. The standard InChI is InChI=1S/C7H8N3/c1-5-3-2-4-6(8)7(5)10-9/h2-4H,8H2,1H3/q+1. The normalized spacial score (nSPS) is 8.80. The zero-order chi connectivity index (χ0) is 7.56. The van der Waals surface area contributed by atoms with E-state index in [-0.39, 0.29) is 0 Å². The Morgan fingerprint density at radius 1 is 1.50 bits per heavy atom. The Bertz CT molecular complexity index is 265. The number of diazo groups is 1. The average Bonchev–Trinajstić information content (AvgIpc) is 1.88. The second-order valence-corrected chi connectivity index (χ2v) is 2.11. The lowest BCUT2D eigenvalue weighted by Crippen LogP contribution is -1.85. The van der Waals surface area contributed by atoms with Crippen LogP contribution in [0.25, 0.3) is 4.98 Å². The van der Waals surface area contributed by atoms with E-state index in [2.05, 4.69) is 4.98 Å². The molecule has 10 heavy (non-hydrogen) atoms. The van der Waals surface area contributed by atoms with Crippen LogP contribution < -0.4 is 5.73 Å². The van der Waals surface area contributed by atoms with E-state index in [1.54, 1.807) is 6.07 Å². The zero-order valence-electron chi connectivity index (χ0n) is 5.70. The Morgan fingerprint density at radius 3 is 2.60 bits per heavy atom. The van der Waals surface area contributed by atoms with Gasteiger partial charge in [-0.1, -0.05) is 12.1 Å². The summed E-state index contributed by atoms with van der Waals surface area (Å²) in [6.45, 7) is 1.84. The molecule has 0 saturated heterocycles. The van der Waals surface area contributed by atoms with Gasteiger partial charge in [0.2, 0.25) is 5.39 Å². The lowest BCUT2D eigenvalue weighted by molar-refractivity contribution is 1.41. The fourth-order valence-electron chi connectivity index (χ4n) is 0.818. The maximum Gasteiger partial charge on any atom is 0.410 e. The van der Waals surface area contributed by atoms with Crippen molar-refractivity contribution in [3.63, 3.8) is 0 Å². The summed E-state index contributed by atoms with van der Waals surface area (Å²) in [6, 6.07) is 5.35. The van der Waals surface area contributed by atoms with E-state index < -0.39 is 0 Å². The summed E-state index contributed by atoms with van der Waals surface area (Å²) in [4.78, 5) is 3.04. The van der Waals surface area contributed by atoms with Gasteiger partial charge < -0.3 is 5.73 Å². The highest BCUT2D eigenvalue weighted by atomic mass is 14.9. The van der Waals surface area contributed by atoms with Crippen LogP contribution in [0.15, 0.2) is 18.2 Å². The first-order valence-electron chi connectivity index (χ1n) is 2.96. The molecule has 0 aromatic heterocycles. The van der Waals surface area contributed by atoms with Crippen molar-refractivity contribution in [2.75, 3.05) is 5.73 Å². The van der Waals surface area contributed by atoms with E-state index in [0.717, 1.165) is 5.56 Å². The molecule has 0 saturated carbocycles. The molecule has 0 aliphatic heterocycles. The van der Waals surface area contributed by atoms with Crippen LogP contribution in [0.3, 0.4) is 0 Å². The van der Waals surface area contributed by atoms with Crippen LogP contribution in [0.1, 0.15) is 5.56 Å². The lowest BCUT2D eigenvalue weighted by Gasteiger charge is -1.88. The van der Waals surface area contributed by atoms with E-state index in [9.17, 15) is 0 Å². The highest BCUT2D eigenvalue weighted by molar-refractivity contribution is 5.70. The Kier molecular flexibility index (Phi) is 1.55. The van der Waals surface area contributed by atoms with Gasteiger partial charge in [-0.25, -0.2) is 0 Å². The summed E-state index contributed by atoms with van der Waals surface area (Å²) in [6.07, 6.45) is 0. The van der Waals surface area contributed by atoms with Crippen molar-refractivity contribution < 1.29 is 0 Å². The minimum Gasteiger partial charge on any atom is -0.392 e. The van der Waals surface area contributed by atoms with E-state index >= 15 is 0 Å². The monoisotopic (exact) mass is 134 g/mol. The smallest absolute Gasteiger partial charge is 0.392 e.